The van der Waals surface area contributed by atoms with Crippen molar-refractivity contribution in [3.63, 3.8) is 0 Å². The van der Waals surface area contributed by atoms with Crippen LogP contribution in [0.5, 0.6) is 0 Å². The number of piperidine rings is 1. The van der Waals surface area contributed by atoms with Gasteiger partial charge in [0.2, 0.25) is 0 Å². The van der Waals surface area contributed by atoms with Crippen LogP contribution in [0.4, 0.5) is 0 Å². The lowest BCUT2D eigenvalue weighted by Crippen LogP contribution is -2.40. The smallest absolute Gasteiger partial charge is 0.0931 e. The Balaban J connectivity index is 1.95. The van der Waals surface area contributed by atoms with Crippen LogP contribution < -0.4 is 5.32 Å². The second kappa shape index (κ2) is 6.22. The molecule has 0 atom stereocenters. The van der Waals surface area contributed by atoms with Gasteiger partial charge in [-0.1, -0.05) is 48.2 Å². The van der Waals surface area contributed by atoms with Gasteiger partial charge in [0, 0.05) is 9.79 Å². The Morgan fingerprint density at radius 2 is 1.57 bits per heavy atom. The number of aryl methyl sites for hydroxylation is 1. The van der Waals surface area contributed by atoms with Crippen LogP contribution >= 0.6 is 11.8 Å². The number of benzene rings is 2. The fraction of sp³-hybridized carbons (Fsp3) is 0.333. The van der Waals surface area contributed by atoms with E-state index in [-0.39, 0.29) is 0 Å². The molecule has 1 fully saturated rings. The molecule has 0 aliphatic carbocycles. The number of hydrogen-bond acceptors (Lipinski definition) is 3. The van der Waals surface area contributed by atoms with Crippen LogP contribution in [0.1, 0.15) is 24.0 Å². The first kappa shape index (κ1) is 14.6. The number of rotatable bonds is 3. The van der Waals surface area contributed by atoms with Crippen molar-refractivity contribution in [3.05, 3.63) is 59.7 Å². The zero-order valence-corrected chi connectivity index (χ0v) is 13.1. The van der Waals surface area contributed by atoms with Crippen LogP contribution in [-0.2, 0) is 5.60 Å². The molecule has 1 heterocycles. The lowest BCUT2D eigenvalue weighted by Gasteiger charge is -2.34. The molecule has 2 N–H and O–H groups in total. The van der Waals surface area contributed by atoms with Gasteiger partial charge in [-0.05, 0) is 56.1 Å². The SMILES string of the molecule is Cc1ccccc1Sc1ccccc1C1(O)CCNCC1. The maximum absolute atomic E-state index is 11.0. The second-order valence-electron chi connectivity index (χ2n) is 5.65. The van der Waals surface area contributed by atoms with Crippen LogP contribution in [0.25, 0.3) is 0 Å². The molecule has 2 aromatic rings. The Morgan fingerprint density at radius 1 is 0.952 bits per heavy atom. The van der Waals surface area contributed by atoms with E-state index in [0.717, 1.165) is 36.4 Å². The van der Waals surface area contributed by atoms with Crippen molar-refractivity contribution in [2.45, 2.75) is 35.2 Å². The quantitative estimate of drug-likeness (QED) is 0.906. The molecule has 3 heteroatoms. The van der Waals surface area contributed by atoms with Crippen molar-refractivity contribution in [2.75, 3.05) is 13.1 Å². The van der Waals surface area contributed by atoms with Gasteiger partial charge < -0.3 is 10.4 Å². The minimum absolute atomic E-state index is 0.697. The molecule has 1 aliphatic heterocycles. The summed E-state index contributed by atoms with van der Waals surface area (Å²) in [5, 5.41) is 14.3. The highest BCUT2D eigenvalue weighted by Crippen LogP contribution is 2.40. The summed E-state index contributed by atoms with van der Waals surface area (Å²) in [6, 6.07) is 16.7. The summed E-state index contributed by atoms with van der Waals surface area (Å²) < 4.78 is 0. The molecule has 0 unspecified atom stereocenters. The third-order valence-corrected chi connectivity index (χ3v) is 5.39. The lowest BCUT2D eigenvalue weighted by atomic mass is 9.85. The summed E-state index contributed by atoms with van der Waals surface area (Å²) in [7, 11) is 0. The van der Waals surface area contributed by atoms with Crippen LogP contribution in [0.3, 0.4) is 0 Å². The molecule has 1 saturated heterocycles. The molecule has 0 amide bonds. The minimum Gasteiger partial charge on any atom is -0.385 e. The summed E-state index contributed by atoms with van der Waals surface area (Å²) in [6.45, 7) is 3.88. The minimum atomic E-state index is -0.697. The Hall–Kier alpha value is -1.29. The predicted octanol–water partition coefficient (Wildman–Crippen LogP) is 3.72. The number of nitrogens with one attached hydrogen (secondary N) is 1. The maximum Gasteiger partial charge on any atom is 0.0931 e. The highest BCUT2D eigenvalue weighted by Gasteiger charge is 2.33. The molecule has 2 aromatic carbocycles. The van der Waals surface area contributed by atoms with Gasteiger partial charge >= 0.3 is 0 Å². The molecule has 3 rings (SSSR count). The van der Waals surface area contributed by atoms with Crippen molar-refractivity contribution in [2.24, 2.45) is 0 Å². The zero-order chi connectivity index (χ0) is 14.7. The van der Waals surface area contributed by atoms with Gasteiger partial charge in [0.05, 0.1) is 5.60 Å². The topological polar surface area (TPSA) is 32.3 Å². The van der Waals surface area contributed by atoms with Crippen molar-refractivity contribution >= 4 is 11.8 Å². The number of hydrogen-bond donors (Lipinski definition) is 2. The molecule has 0 spiro atoms. The molecule has 110 valence electrons. The second-order valence-corrected chi connectivity index (χ2v) is 6.73. The average Bonchev–Trinajstić information content (AvgIpc) is 2.51. The van der Waals surface area contributed by atoms with Gasteiger partial charge in [-0.2, -0.15) is 0 Å². The van der Waals surface area contributed by atoms with Crippen LogP contribution in [-0.4, -0.2) is 18.2 Å². The summed E-state index contributed by atoms with van der Waals surface area (Å²) in [5.74, 6) is 0. The van der Waals surface area contributed by atoms with E-state index in [9.17, 15) is 5.11 Å². The van der Waals surface area contributed by atoms with E-state index in [0.29, 0.717) is 0 Å². The monoisotopic (exact) mass is 299 g/mol. The fourth-order valence-corrected chi connectivity index (χ4v) is 3.97. The van der Waals surface area contributed by atoms with Gasteiger partial charge in [0.25, 0.3) is 0 Å². The van der Waals surface area contributed by atoms with E-state index < -0.39 is 5.60 Å². The molecule has 0 bridgehead atoms. The van der Waals surface area contributed by atoms with E-state index in [1.54, 1.807) is 11.8 Å². The number of aliphatic hydroxyl groups is 1. The average molecular weight is 299 g/mol. The molecule has 0 aromatic heterocycles. The molecule has 1 aliphatic rings. The molecule has 2 nitrogen and oxygen atoms in total. The third kappa shape index (κ3) is 3.15. The van der Waals surface area contributed by atoms with Crippen molar-refractivity contribution in [1.82, 2.24) is 5.32 Å². The Kier molecular flexibility index (Phi) is 4.34. The molecule has 0 saturated carbocycles. The fourth-order valence-electron chi connectivity index (χ4n) is 2.84. The molecular weight excluding hydrogens is 278 g/mol. The highest BCUT2D eigenvalue weighted by molar-refractivity contribution is 7.99. The molecular formula is C18H21NOS. The first-order valence-electron chi connectivity index (χ1n) is 7.45. The van der Waals surface area contributed by atoms with Crippen molar-refractivity contribution in [1.29, 1.82) is 0 Å². The first-order valence-corrected chi connectivity index (χ1v) is 8.27. The Bertz CT molecular complexity index is 620. The van der Waals surface area contributed by atoms with Crippen LogP contribution in [0.15, 0.2) is 58.3 Å². The highest BCUT2D eigenvalue weighted by atomic mass is 32.2. The predicted molar refractivity (Wildman–Crippen MR) is 87.7 cm³/mol. The van der Waals surface area contributed by atoms with E-state index in [2.05, 4.69) is 54.7 Å². The van der Waals surface area contributed by atoms with Gasteiger partial charge in [0.15, 0.2) is 0 Å². The lowest BCUT2D eigenvalue weighted by molar-refractivity contribution is 0.00351. The first-order chi connectivity index (χ1) is 10.2. The largest absolute Gasteiger partial charge is 0.385 e. The zero-order valence-electron chi connectivity index (χ0n) is 12.3. The third-order valence-electron chi connectivity index (χ3n) is 4.13. The van der Waals surface area contributed by atoms with Crippen LogP contribution in [0.2, 0.25) is 0 Å². The van der Waals surface area contributed by atoms with E-state index in [1.165, 1.54) is 10.5 Å². The van der Waals surface area contributed by atoms with Gasteiger partial charge in [0.1, 0.15) is 0 Å². The summed E-state index contributed by atoms with van der Waals surface area (Å²) in [4.78, 5) is 2.42. The van der Waals surface area contributed by atoms with Crippen LogP contribution in [0, 0.1) is 6.92 Å². The Labute approximate surface area is 130 Å². The summed E-state index contributed by atoms with van der Waals surface area (Å²) >= 11 is 1.75. The molecule has 0 radical (unpaired) electrons. The van der Waals surface area contributed by atoms with Gasteiger partial charge in [-0.25, -0.2) is 0 Å². The van der Waals surface area contributed by atoms with Gasteiger partial charge in [-0.3, -0.25) is 0 Å². The normalized spacial score (nSPS) is 17.6. The molecule has 21 heavy (non-hydrogen) atoms. The maximum atomic E-state index is 11.0. The van der Waals surface area contributed by atoms with E-state index in [4.69, 9.17) is 0 Å². The standard InChI is InChI=1S/C18H21NOS/c1-14-6-2-4-8-16(14)21-17-9-5-3-7-15(17)18(20)10-12-19-13-11-18/h2-9,19-20H,10-13H2,1H3. The summed E-state index contributed by atoms with van der Waals surface area (Å²) in [5.41, 5.74) is 1.65. The van der Waals surface area contributed by atoms with E-state index >= 15 is 0 Å². The van der Waals surface area contributed by atoms with E-state index in [1.807, 2.05) is 6.07 Å². The van der Waals surface area contributed by atoms with Gasteiger partial charge in [-0.15, -0.1) is 0 Å². The van der Waals surface area contributed by atoms with Crippen molar-refractivity contribution in [3.8, 4) is 0 Å². The summed E-state index contributed by atoms with van der Waals surface area (Å²) in [6.07, 6.45) is 1.55. The van der Waals surface area contributed by atoms with Crippen molar-refractivity contribution < 1.29 is 5.11 Å². The Morgan fingerprint density at radius 3 is 2.29 bits per heavy atom.